The average Bonchev–Trinajstić information content (AvgIpc) is 3.44. The molecule has 1 spiro atoms. The predicted octanol–water partition coefficient (Wildman–Crippen LogP) is 4.99. The molecule has 3 aromatic rings. The highest BCUT2D eigenvalue weighted by molar-refractivity contribution is 6.02. The van der Waals surface area contributed by atoms with Crippen molar-refractivity contribution in [3.8, 4) is 16.9 Å². The van der Waals surface area contributed by atoms with Crippen LogP contribution in [-0.4, -0.2) is 42.3 Å². The Morgan fingerprint density at radius 3 is 2.30 bits per heavy atom. The smallest absolute Gasteiger partial charge is 0.234 e. The number of carbonyl (C=O) groups excluding carboxylic acids is 1. The first-order valence-electron chi connectivity index (χ1n) is 11.5. The van der Waals surface area contributed by atoms with Gasteiger partial charge >= 0.3 is 0 Å². The summed E-state index contributed by atoms with van der Waals surface area (Å²) < 4.78 is 5.35. The number of nitrogens with zero attached hydrogens (tertiary/aromatic N) is 2. The van der Waals surface area contributed by atoms with Crippen molar-refractivity contribution in [3.05, 3.63) is 89.5 Å². The van der Waals surface area contributed by atoms with E-state index >= 15 is 0 Å². The molecule has 5 heteroatoms. The maximum atomic E-state index is 13.7. The summed E-state index contributed by atoms with van der Waals surface area (Å²) in [6.45, 7) is 1.36. The van der Waals surface area contributed by atoms with Gasteiger partial charge in [0.2, 0.25) is 5.91 Å². The van der Waals surface area contributed by atoms with E-state index in [1.54, 1.807) is 7.11 Å². The van der Waals surface area contributed by atoms with Crippen molar-refractivity contribution in [2.45, 2.75) is 30.8 Å². The fourth-order valence-corrected chi connectivity index (χ4v) is 5.49. The highest BCUT2D eigenvalue weighted by Crippen LogP contribution is 2.46. The highest BCUT2D eigenvalue weighted by atomic mass is 16.7. The van der Waals surface area contributed by atoms with E-state index in [4.69, 9.17) is 9.57 Å². The Hall–Kier alpha value is -3.60. The van der Waals surface area contributed by atoms with Gasteiger partial charge in [-0.05, 0) is 34.4 Å². The molecule has 1 aliphatic carbocycles. The second-order valence-corrected chi connectivity index (χ2v) is 9.15. The van der Waals surface area contributed by atoms with Gasteiger partial charge in [-0.3, -0.25) is 4.79 Å². The van der Waals surface area contributed by atoms with Crippen molar-refractivity contribution < 1.29 is 14.4 Å². The maximum absolute atomic E-state index is 13.7. The van der Waals surface area contributed by atoms with Crippen molar-refractivity contribution in [2.24, 2.45) is 5.16 Å². The quantitative estimate of drug-likeness (QED) is 0.579. The van der Waals surface area contributed by atoms with E-state index in [9.17, 15) is 4.79 Å². The molecule has 2 aliphatic heterocycles. The van der Waals surface area contributed by atoms with Crippen LogP contribution in [0.1, 0.15) is 41.9 Å². The van der Waals surface area contributed by atoms with Crippen LogP contribution in [0.4, 0.5) is 0 Å². The first kappa shape index (κ1) is 20.0. The number of likely N-dealkylation sites (tertiary alicyclic amines) is 1. The van der Waals surface area contributed by atoms with Crippen LogP contribution in [0, 0.1) is 0 Å². The van der Waals surface area contributed by atoms with Crippen LogP contribution in [-0.2, 0) is 9.63 Å². The molecule has 5 nitrogen and oxygen atoms in total. The minimum Gasteiger partial charge on any atom is -0.497 e. The standard InChI is InChI=1S/C28H26N2O3/c1-32-20-8-6-7-19(17-20)25-18-28(33-29-25)13-15-30(16-14-28)27(31)26-23-11-4-2-9-21(23)22-10-3-5-12-24(22)26/h2-12,17,26H,13-16,18H2,1H3. The number of fused-ring (bicyclic) bond motifs is 3. The third kappa shape index (κ3) is 3.30. The van der Waals surface area contributed by atoms with Gasteiger partial charge in [0.05, 0.1) is 18.7 Å². The molecule has 1 amide bonds. The van der Waals surface area contributed by atoms with Gasteiger partial charge in [-0.25, -0.2) is 0 Å². The monoisotopic (exact) mass is 438 g/mol. The zero-order chi connectivity index (χ0) is 22.4. The van der Waals surface area contributed by atoms with Gasteiger partial charge in [0, 0.05) is 37.9 Å². The van der Waals surface area contributed by atoms with E-state index in [-0.39, 0.29) is 17.4 Å². The SMILES string of the molecule is COc1cccc(C2=NOC3(CCN(C(=O)C4c5ccccc5-c5ccccc54)CC3)C2)c1. The van der Waals surface area contributed by atoms with Crippen LogP contribution in [0.2, 0.25) is 0 Å². The summed E-state index contributed by atoms with van der Waals surface area (Å²) in [7, 11) is 1.67. The normalized spacial score (nSPS) is 18.5. The molecule has 0 radical (unpaired) electrons. The fraction of sp³-hybridized carbons (Fsp3) is 0.286. The highest BCUT2D eigenvalue weighted by Gasteiger charge is 2.45. The van der Waals surface area contributed by atoms with Crippen molar-refractivity contribution in [1.82, 2.24) is 4.90 Å². The van der Waals surface area contributed by atoms with Crippen molar-refractivity contribution in [2.75, 3.05) is 20.2 Å². The topological polar surface area (TPSA) is 51.1 Å². The largest absolute Gasteiger partial charge is 0.497 e. The van der Waals surface area contributed by atoms with Gasteiger partial charge in [-0.2, -0.15) is 0 Å². The number of ether oxygens (including phenoxy) is 1. The van der Waals surface area contributed by atoms with E-state index in [1.807, 2.05) is 53.4 Å². The molecule has 0 atom stereocenters. The maximum Gasteiger partial charge on any atom is 0.234 e. The molecule has 1 saturated heterocycles. The second kappa shape index (κ2) is 7.77. The molecule has 0 saturated carbocycles. The molecule has 33 heavy (non-hydrogen) atoms. The van der Waals surface area contributed by atoms with E-state index < -0.39 is 0 Å². The summed E-state index contributed by atoms with van der Waals surface area (Å²) in [5, 5.41) is 4.42. The predicted molar refractivity (Wildman–Crippen MR) is 127 cm³/mol. The summed E-state index contributed by atoms with van der Waals surface area (Å²) in [5.41, 5.74) is 6.25. The Balaban J connectivity index is 1.18. The van der Waals surface area contributed by atoms with Gasteiger partial charge in [0.25, 0.3) is 0 Å². The van der Waals surface area contributed by atoms with Crippen molar-refractivity contribution >= 4 is 11.6 Å². The lowest BCUT2D eigenvalue weighted by atomic mass is 9.84. The van der Waals surface area contributed by atoms with Crippen LogP contribution in [0.3, 0.4) is 0 Å². The minimum atomic E-state index is -0.319. The molecule has 2 heterocycles. The third-order valence-corrected chi connectivity index (χ3v) is 7.31. The fourth-order valence-electron chi connectivity index (χ4n) is 5.49. The lowest BCUT2D eigenvalue weighted by Gasteiger charge is -2.38. The number of oxime groups is 1. The zero-order valence-electron chi connectivity index (χ0n) is 18.7. The number of amides is 1. The number of piperidine rings is 1. The lowest BCUT2D eigenvalue weighted by Crippen LogP contribution is -2.48. The first-order chi connectivity index (χ1) is 16.2. The molecule has 3 aromatic carbocycles. The molecule has 1 fully saturated rings. The summed E-state index contributed by atoms with van der Waals surface area (Å²) in [5.74, 6) is 0.780. The summed E-state index contributed by atoms with van der Waals surface area (Å²) >= 11 is 0. The Morgan fingerprint density at radius 1 is 0.970 bits per heavy atom. The minimum absolute atomic E-state index is 0.189. The number of hydrogen-bond acceptors (Lipinski definition) is 4. The molecule has 0 unspecified atom stereocenters. The molecule has 0 N–H and O–H groups in total. The molecule has 0 bridgehead atoms. The summed E-state index contributed by atoms with van der Waals surface area (Å²) in [4.78, 5) is 21.7. The van der Waals surface area contributed by atoms with E-state index in [1.165, 1.54) is 11.1 Å². The molecule has 0 aromatic heterocycles. The van der Waals surface area contributed by atoms with Crippen LogP contribution in [0.25, 0.3) is 11.1 Å². The Labute approximate surface area is 193 Å². The van der Waals surface area contributed by atoms with Crippen molar-refractivity contribution in [1.29, 1.82) is 0 Å². The number of benzene rings is 3. The number of methoxy groups -OCH3 is 1. The summed E-state index contributed by atoms with van der Waals surface area (Å²) in [6.07, 6.45) is 2.33. The van der Waals surface area contributed by atoms with Gasteiger partial charge in [0.15, 0.2) is 0 Å². The summed E-state index contributed by atoms with van der Waals surface area (Å²) in [6, 6.07) is 24.5. The van der Waals surface area contributed by atoms with E-state index in [2.05, 4.69) is 29.4 Å². The number of hydrogen-bond donors (Lipinski definition) is 0. The number of carbonyl (C=O) groups is 1. The Morgan fingerprint density at radius 2 is 1.64 bits per heavy atom. The average molecular weight is 439 g/mol. The molecule has 3 aliphatic rings. The van der Waals surface area contributed by atoms with Crippen LogP contribution < -0.4 is 4.74 Å². The van der Waals surface area contributed by atoms with E-state index in [0.29, 0.717) is 13.1 Å². The molecule has 6 rings (SSSR count). The molecular formula is C28H26N2O3. The van der Waals surface area contributed by atoms with Gasteiger partial charge < -0.3 is 14.5 Å². The third-order valence-electron chi connectivity index (χ3n) is 7.31. The number of rotatable bonds is 3. The van der Waals surface area contributed by atoms with Gasteiger partial charge in [-0.15, -0.1) is 0 Å². The van der Waals surface area contributed by atoms with Crippen LogP contribution in [0.5, 0.6) is 5.75 Å². The van der Waals surface area contributed by atoms with Crippen molar-refractivity contribution in [3.63, 3.8) is 0 Å². The Kier molecular flexibility index (Phi) is 4.72. The van der Waals surface area contributed by atoms with E-state index in [0.717, 1.165) is 47.4 Å². The van der Waals surface area contributed by atoms with Gasteiger partial charge in [-0.1, -0.05) is 65.8 Å². The zero-order valence-corrected chi connectivity index (χ0v) is 18.7. The first-order valence-corrected chi connectivity index (χ1v) is 11.5. The van der Waals surface area contributed by atoms with Crippen LogP contribution in [0.15, 0.2) is 78.0 Å². The molecule has 166 valence electrons. The lowest BCUT2D eigenvalue weighted by molar-refractivity contribution is -0.137. The molecular weight excluding hydrogens is 412 g/mol. The van der Waals surface area contributed by atoms with Crippen LogP contribution >= 0.6 is 0 Å². The second-order valence-electron chi connectivity index (χ2n) is 9.15. The Bertz CT molecular complexity index is 1210. The van der Waals surface area contributed by atoms with Gasteiger partial charge in [0.1, 0.15) is 11.4 Å².